The number of fused-ring (bicyclic) bond motifs is 1. The lowest BCUT2D eigenvalue weighted by Gasteiger charge is -2.16. The number of anilines is 1. The van der Waals surface area contributed by atoms with Gasteiger partial charge in [-0.15, -0.1) is 0 Å². The van der Waals surface area contributed by atoms with Crippen LogP contribution < -0.4 is 10.6 Å². The predicted octanol–water partition coefficient (Wildman–Crippen LogP) is 0.539. The summed E-state index contributed by atoms with van der Waals surface area (Å²) in [6.45, 7) is 0.638. The third-order valence-electron chi connectivity index (χ3n) is 2.51. The number of hydrogen-bond acceptors (Lipinski definition) is 3. The fraction of sp³-hybridized carbons (Fsp3) is 0.222. The molecule has 0 saturated carbocycles. The third kappa shape index (κ3) is 1.89. The van der Waals surface area contributed by atoms with Crippen molar-refractivity contribution in [1.29, 1.82) is 0 Å². The van der Waals surface area contributed by atoms with Crippen molar-refractivity contribution in [3.05, 3.63) is 23.8 Å². The largest absolute Gasteiger partial charge is 0.376 e. The summed E-state index contributed by atoms with van der Waals surface area (Å²) in [5, 5.41) is 0.262. The van der Waals surface area contributed by atoms with Crippen LogP contribution in [0.15, 0.2) is 23.1 Å². The van der Waals surface area contributed by atoms with Crippen molar-refractivity contribution in [2.45, 2.75) is 11.3 Å². The first-order valence-corrected chi connectivity index (χ1v) is 6.42. The molecule has 1 aliphatic heterocycles. The molecule has 1 aromatic carbocycles. The predicted molar refractivity (Wildman–Crippen MR) is 64.1 cm³/mol. The average molecular weight is 258 g/mol. The van der Waals surface area contributed by atoms with Crippen LogP contribution in [0.4, 0.5) is 5.69 Å². The highest BCUT2D eigenvalue weighted by molar-refractivity contribution is 7.85. The van der Waals surface area contributed by atoms with Gasteiger partial charge in [0.2, 0.25) is 0 Å². The van der Waals surface area contributed by atoms with E-state index in [4.69, 9.17) is 22.5 Å². The average Bonchev–Trinajstić information content (AvgIpc) is 2.58. The lowest BCUT2D eigenvalue weighted by atomic mass is 10.2. The van der Waals surface area contributed by atoms with Crippen LogP contribution in [0.2, 0.25) is 0 Å². The molecule has 16 heavy (non-hydrogen) atoms. The Morgan fingerprint density at radius 3 is 2.75 bits per heavy atom. The van der Waals surface area contributed by atoms with Crippen LogP contribution in [-0.4, -0.2) is 24.6 Å². The summed E-state index contributed by atoms with van der Waals surface area (Å²) in [4.78, 5) is 1.63. The van der Waals surface area contributed by atoms with E-state index in [-0.39, 0.29) is 10.0 Å². The van der Waals surface area contributed by atoms with E-state index in [2.05, 4.69) is 0 Å². The van der Waals surface area contributed by atoms with E-state index in [1.54, 1.807) is 11.0 Å². The number of hydrogen-bond donors (Lipinski definition) is 2. The molecule has 0 spiro atoms. The van der Waals surface area contributed by atoms with Gasteiger partial charge in [-0.05, 0) is 42.4 Å². The number of rotatable bonds is 1. The molecule has 0 saturated heterocycles. The molecule has 5 nitrogen and oxygen atoms in total. The Morgan fingerprint density at radius 2 is 2.19 bits per heavy atom. The number of nitrogens with two attached hydrogens (primary N) is 1. The molecule has 1 aliphatic rings. The molecule has 0 unspecified atom stereocenters. The molecule has 0 bridgehead atoms. The quantitative estimate of drug-likeness (QED) is 0.565. The van der Waals surface area contributed by atoms with Crippen molar-refractivity contribution in [2.24, 2.45) is 5.73 Å². The van der Waals surface area contributed by atoms with E-state index in [1.165, 1.54) is 12.1 Å². The van der Waals surface area contributed by atoms with Crippen LogP contribution in [-0.2, 0) is 16.5 Å². The van der Waals surface area contributed by atoms with Gasteiger partial charge in [0.05, 0.1) is 4.90 Å². The van der Waals surface area contributed by atoms with Gasteiger partial charge in [-0.2, -0.15) is 8.42 Å². The fourth-order valence-electron chi connectivity index (χ4n) is 1.77. The van der Waals surface area contributed by atoms with E-state index in [1.807, 2.05) is 0 Å². The summed E-state index contributed by atoms with van der Waals surface area (Å²) in [6, 6.07) is 4.39. The standard InChI is InChI=1S/C9H10N2O3S2/c10-9(15)11-4-3-6-5-7(16(12,13)14)1-2-8(6)11/h1-2,5H,3-4H2,(H2,10,15)(H,12,13,14). The van der Waals surface area contributed by atoms with Crippen LogP contribution in [0.3, 0.4) is 0 Å². The third-order valence-corrected chi connectivity index (χ3v) is 3.58. The van der Waals surface area contributed by atoms with E-state index in [9.17, 15) is 8.42 Å². The fourth-order valence-corrected chi connectivity index (χ4v) is 2.49. The molecule has 0 atom stereocenters. The molecule has 1 heterocycles. The molecule has 1 aromatic rings. The Bertz CT molecular complexity index is 554. The summed E-state index contributed by atoms with van der Waals surface area (Å²) in [6.07, 6.45) is 0.663. The molecule has 0 fully saturated rings. The molecule has 2 rings (SSSR count). The molecular formula is C9H10N2O3S2. The van der Waals surface area contributed by atoms with Crippen molar-refractivity contribution >= 4 is 33.1 Å². The highest BCUT2D eigenvalue weighted by Crippen LogP contribution is 2.29. The van der Waals surface area contributed by atoms with Gasteiger partial charge < -0.3 is 10.6 Å². The Kier molecular flexibility index (Phi) is 2.61. The van der Waals surface area contributed by atoms with Crippen molar-refractivity contribution < 1.29 is 13.0 Å². The normalized spacial score (nSPS) is 14.9. The van der Waals surface area contributed by atoms with Gasteiger partial charge in [-0.25, -0.2) is 0 Å². The summed E-state index contributed by atoms with van der Waals surface area (Å²) < 4.78 is 30.8. The minimum absolute atomic E-state index is 0.101. The van der Waals surface area contributed by atoms with Gasteiger partial charge in [0.1, 0.15) is 0 Å². The van der Waals surface area contributed by atoms with E-state index in [0.29, 0.717) is 13.0 Å². The Labute approximate surface area is 98.6 Å². The maximum Gasteiger partial charge on any atom is 0.294 e. The number of nitrogens with zero attached hydrogens (tertiary/aromatic N) is 1. The van der Waals surface area contributed by atoms with Crippen LogP contribution in [0.25, 0.3) is 0 Å². The summed E-state index contributed by atoms with van der Waals surface area (Å²) in [5.41, 5.74) is 7.15. The van der Waals surface area contributed by atoms with E-state index in [0.717, 1.165) is 11.3 Å². The second kappa shape index (κ2) is 3.69. The zero-order chi connectivity index (χ0) is 11.9. The van der Waals surface area contributed by atoms with Crippen LogP contribution in [0.5, 0.6) is 0 Å². The van der Waals surface area contributed by atoms with Gasteiger partial charge in [0, 0.05) is 12.2 Å². The monoisotopic (exact) mass is 258 g/mol. The van der Waals surface area contributed by atoms with Gasteiger partial charge in [-0.1, -0.05) is 0 Å². The lowest BCUT2D eigenvalue weighted by molar-refractivity contribution is 0.483. The molecule has 0 aromatic heterocycles. The summed E-state index contributed by atoms with van der Waals surface area (Å²) in [7, 11) is -4.14. The zero-order valence-corrected chi connectivity index (χ0v) is 9.88. The molecule has 7 heteroatoms. The zero-order valence-electron chi connectivity index (χ0n) is 8.25. The second-order valence-electron chi connectivity index (χ2n) is 3.51. The highest BCUT2D eigenvalue weighted by Gasteiger charge is 2.22. The van der Waals surface area contributed by atoms with Crippen molar-refractivity contribution in [3.8, 4) is 0 Å². The van der Waals surface area contributed by atoms with E-state index >= 15 is 0 Å². The van der Waals surface area contributed by atoms with Gasteiger partial charge in [0.25, 0.3) is 10.1 Å². The van der Waals surface area contributed by atoms with Crippen LogP contribution in [0, 0.1) is 0 Å². The minimum atomic E-state index is -4.14. The molecule has 86 valence electrons. The van der Waals surface area contributed by atoms with E-state index < -0.39 is 10.1 Å². The SMILES string of the molecule is NC(=S)N1CCc2cc(S(=O)(=O)O)ccc21. The Hall–Kier alpha value is -1.18. The Morgan fingerprint density at radius 1 is 1.50 bits per heavy atom. The topological polar surface area (TPSA) is 83.6 Å². The first-order valence-electron chi connectivity index (χ1n) is 4.57. The Balaban J connectivity index is 2.48. The molecule has 0 radical (unpaired) electrons. The maximum atomic E-state index is 10.9. The number of benzene rings is 1. The number of thiocarbonyl (C=S) groups is 1. The smallest absolute Gasteiger partial charge is 0.294 e. The molecular weight excluding hydrogens is 248 g/mol. The lowest BCUT2D eigenvalue weighted by Crippen LogP contribution is -2.33. The second-order valence-corrected chi connectivity index (χ2v) is 5.35. The summed E-state index contributed by atoms with van der Waals surface area (Å²) in [5.74, 6) is 0. The van der Waals surface area contributed by atoms with Gasteiger partial charge in [0.15, 0.2) is 5.11 Å². The van der Waals surface area contributed by atoms with Crippen LogP contribution >= 0.6 is 12.2 Å². The van der Waals surface area contributed by atoms with Crippen molar-refractivity contribution in [3.63, 3.8) is 0 Å². The molecule has 0 aliphatic carbocycles. The molecule has 3 N–H and O–H groups in total. The highest BCUT2D eigenvalue weighted by atomic mass is 32.2. The van der Waals surface area contributed by atoms with Crippen molar-refractivity contribution in [2.75, 3.05) is 11.4 Å². The van der Waals surface area contributed by atoms with Crippen LogP contribution in [0.1, 0.15) is 5.56 Å². The van der Waals surface area contributed by atoms with Crippen molar-refractivity contribution in [1.82, 2.24) is 0 Å². The summed E-state index contributed by atoms with van der Waals surface area (Å²) >= 11 is 4.87. The first-order chi connectivity index (χ1) is 7.39. The van der Waals surface area contributed by atoms with Gasteiger partial charge >= 0.3 is 0 Å². The minimum Gasteiger partial charge on any atom is -0.376 e. The first kappa shape index (κ1) is 11.3. The molecule has 0 amide bonds. The maximum absolute atomic E-state index is 10.9. The van der Waals surface area contributed by atoms with Gasteiger partial charge in [-0.3, -0.25) is 4.55 Å².